The van der Waals surface area contributed by atoms with Crippen LogP contribution >= 0.6 is 33.2 Å². The number of nitrogens with zero attached hydrogens (tertiary/aromatic N) is 5. The number of aromatic nitrogens is 6. The van der Waals surface area contributed by atoms with Crippen molar-refractivity contribution in [3.05, 3.63) is 148 Å². The molecule has 10 rings (SSSR count). The molecule has 5 heterocycles. The lowest BCUT2D eigenvalue weighted by Crippen LogP contribution is -2.52. The minimum absolute atomic E-state index is 0.00412. The Bertz CT molecular complexity index is 5190. The maximum atomic E-state index is 13.9. The predicted octanol–water partition coefficient (Wildman–Crippen LogP) is 4.04. The van der Waals surface area contributed by atoms with E-state index in [1.54, 1.807) is 71.6 Å². The van der Waals surface area contributed by atoms with E-state index in [4.69, 9.17) is 33.9 Å². The van der Waals surface area contributed by atoms with Gasteiger partial charge in [-0.1, -0.05) is 45.9 Å². The van der Waals surface area contributed by atoms with E-state index < -0.39 is 121 Å². The van der Waals surface area contributed by atoms with Crippen molar-refractivity contribution in [3.63, 3.8) is 0 Å². The van der Waals surface area contributed by atoms with Crippen molar-refractivity contribution in [3.8, 4) is 5.75 Å². The Balaban J connectivity index is 0.000000262. The number of halogens is 1. The van der Waals surface area contributed by atoms with Crippen LogP contribution in [0.5, 0.6) is 5.75 Å². The summed E-state index contributed by atoms with van der Waals surface area (Å²) in [6.45, 7) is 1.94. The molecule has 40 heteroatoms. The zero-order chi connectivity index (χ0) is 81.0. The third-order valence-corrected chi connectivity index (χ3v) is 20.2. The number of carbonyl (C=O) groups is 12. The number of aliphatic carboxylic acids is 4. The number of anilines is 5. The average molecular weight is 1600 g/mol. The number of hydrogen-bond donors (Lipinski definition) is 19. The molecule has 0 saturated carbocycles. The van der Waals surface area contributed by atoms with Crippen molar-refractivity contribution < 1.29 is 83.1 Å². The lowest BCUT2D eigenvalue weighted by atomic mass is 9.95. The number of fused-ring (bicyclic) bond motifs is 6. The molecular weight excluding hydrogens is 1520 g/mol. The number of rotatable bonds is 36. The van der Waals surface area contributed by atoms with Gasteiger partial charge in [0.1, 0.15) is 35.3 Å². The number of phenolic OH excluding ortho intramolecular Hbond substituents is 1. The van der Waals surface area contributed by atoms with Crippen LogP contribution in [0.25, 0.3) is 43.7 Å². The number of nitrogens with one attached hydrogen (secondary N) is 11. The number of aromatic amines is 3. The highest BCUT2D eigenvalue weighted by Crippen LogP contribution is 2.46. The molecule has 9 aromatic rings. The molecule has 22 N–H and O–H groups in total. The Morgan fingerprint density at radius 2 is 1.29 bits per heavy atom. The van der Waals surface area contributed by atoms with Crippen molar-refractivity contribution in [1.29, 1.82) is 0 Å². The number of alkyl halides is 1. The van der Waals surface area contributed by atoms with Gasteiger partial charge < -0.3 is 100 Å². The Labute approximate surface area is 647 Å². The van der Waals surface area contributed by atoms with Gasteiger partial charge in [0.2, 0.25) is 29.6 Å². The summed E-state index contributed by atoms with van der Waals surface area (Å²) in [6.07, 6.45) is -0.211. The highest BCUT2D eigenvalue weighted by molar-refractivity contribution is 8.76. The summed E-state index contributed by atoms with van der Waals surface area (Å²) >= 11 is 6.38. The van der Waals surface area contributed by atoms with Crippen LogP contribution in [0.15, 0.2) is 119 Å². The summed E-state index contributed by atoms with van der Waals surface area (Å²) in [5.41, 5.74) is 21.2. The highest BCUT2D eigenvalue weighted by atomic mass is 35.5. The molecule has 4 aromatic heterocycles. The maximum Gasteiger partial charge on any atom is 0.327 e. The number of hydrogen-bond acceptors (Lipinski definition) is 23. The second kappa shape index (κ2) is 38.5. The van der Waals surface area contributed by atoms with Gasteiger partial charge in [-0.2, -0.15) is 4.98 Å². The second-order valence-corrected chi connectivity index (χ2v) is 28.4. The number of H-pyrrole nitrogens is 3. The third-order valence-electron chi connectivity index (χ3n) is 17.4. The first kappa shape index (κ1) is 83.2. The summed E-state index contributed by atoms with van der Waals surface area (Å²) in [5, 5.41) is 71.8. The van der Waals surface area contributed by atoms with Gasteiger partial charge in [-0.3, -0.25) is 62.7 Å². The number of ketones is 1. The predicted molar refractivity (Wildman–Crippen MR) is 419 cm³/mol. The van der Waals surface area contributed by atoms with E-state index in [0.717, 1.165) is 21.7 Å². The first-order chi connectivity index (χ1) is 53.4. The fraction of sp³-hybridized carbons (Fsp3) is 0.292. The number of nitrogen functional groups attached to an aromatic ring is 1. The van der Waals surface area contributed by atoms with Gasteiger partial charge in [-0.25, -0.2) is 19.6 Å². The van der Waals surface area contributed by atoms with Crippen LogP contribution in [-0.2, 0) is 49.7 Å². The van der Waals surface area contributed by atoms with Crippen molar-refractivity contribution in [2.45, 2.75) is 94.5 Å². The van der Waals surface area contributed by atoms with E-state index in [1.807, 2.05) is 24.3 Å². The fourth-order valence-corrected chi connectivity index (χ4v) is 14.2. The molecule has 0 aliphatic carbocycles. The Kier molecular flexibility index (Phi) is 28.6. The molecule has 588 valence electrons. The third kappa shape index (κ3) is 22.4. The number of carboxylic acid groups (broad SMARTS) is 4. The van der Waals surface area contributed by atoms with Crippen LogP contribution < -0.4 is 70.2 Å². The molecular formula is C72H78ClN19O18S2. The van der Waals surface area contributed by atoms with E-state index in [9.17, 15) is 82.8 Å². The number of likely N-dealkylation sites (N-methyl/N-ethyl adjacent to an activating group) is 1. The first-order valence-electron chi connectivity index (χ1n) is 34.4. The largest absolute Gasteiger partial charge is 0.507 e. The SMILES string of the molecule is CC(=O)[C@H](CCCN=C(N)N)NC(=O)[C@H](CC(=O)O)NC(=O)CC[C@H](NC(=O)c1ccc(NCc2cnc3nc(N)[nH]c(=O)c3n2)cc1)C(=O)O.CN[C@@H](CC(=O)O)C(=O)N[C@@H](CSSCCC(=O)Nc1ccc2[nH]c(C(=O)Nc3ccc4[nH]c(C(=O)N5CC(CCl)c6c5cc(O)c5ccccc65)cc4c3)cc2c1)C(=O)O. The number of nitrogens with two attached hydrogens (primary N) is 3. The quantitative estimate of drug-likeness (QED) is 0.00866. The van der Waals surface area contributed by atoms with E-state index in [2.05, 4.69) is 77.4 Å². The molecule has 1 aliphatic heterocycles. The Morgan fingerprint density at radius 1 is 0.670 bits per heavy atom. The molecule has 6 atom stereocenters. The van der Waals surface area contributed by atoms with Crippen molar-refractivity contribution in [2.24, 2.45) is 16.5 Å². The number of amides is 7. The zero-order valence-corrected chi connectivity index (χ0v) is 62.1. The summed E-state index contributed by atoms with van der Waals surface area (Å²) < 4.78 is 0. The molecule has 0 fully saturated rings. The van der Waals surface area contributed by atoms with E-state index in [1.165, 1.54) is 43.1 Å². The van der Waals surface area contributed by atoms with Crippen LogP contribution in [0.2, 0.25) is 0 Å². The summed E-state index contributed by atoms with van der Waals surface area (Å²) in [6, 6.07) is 22.5. The van der Waals surface area contributed by atoms with E-state index in [-0.39, 0.29) is 89.5 Å². The molecule has 0 spiro atoms. The molecule has 1 unspecified atom stereocenters. The van der Waals surface area contributed by atoms with Crippen LogP contribution in [-0.4, -0.2) is 200 Å². The topological polar surface area (TPSA) is 599 Å². The van der Waals surface area contributed by atoms with Gasteiger partial charge in [0.05, 0.1) is 49.0 Å². The lowest BCUT2D eigenvalue weighted by molar-refractivity contribution is -0.142. The van der Waals surface area contributed by atoms with Crippen LogP contribution in [0.4, 0.5) is 28.7 Å². The first-order valence-corrected chi connectivity index (χ1v) is 37.4. The van der Waals surface area contributed by atoms with Gasteiger partial charge in [-0.05, 0) is 117 Å². The average Bonchev–Trinajstić information content (AvgIpc) is 1.57. The molecule has 7 amide bonds. The lowest BCUT2D eigenvalue weighted by Gasteiger charge is -2.21. The van der Waals surface area contributed by atoms with Gasteiger partial charge in [0, 0.05) is 105 Å². The Morgan fingerprint density at radius 3 is 1.94 bits per heavy atom. The van der Waals surface area contributed by atoms with E-state index >= 15 is 0 Å². The maximum absolute atomic E-state index is 13.9. The molecule has 37 nitrogen and oxygen atoms in total. The van der Waals surface area contributed by atoms with Crippen molar-refractivity contribution in [2.75, 3.05) is 64.1 Å². The van der Waals surface area contributed by atoms with Gasteiger partial charge >= 0.3 is 23.9 Å². The van der Waals surface area contributed by atoms with Crippen molar-refractivity contribution in [1.82, 2.24) is 56.5 Å². The van der Waals surface area contributed by atoms with Crippen LogP contribution in [0.1, 0.15) is 100 Å². The number of phenols is 1. The molecule has 5 aromatic carbocycles. The number of Topliss-reactive ketones (excluding diaryl/α,β-unsaturated/α-hetero) is 1. The number of guanidine groups is 1. The molecule has 0 radical (unpaired) electrons. The monoisotopic (exact) mass is 1600 g/mol. The van der Waals surface area contributed by atoms with E-state index in [0.29, 0.717) is 85.9 Å². The Hall–Kier alpha value is -12.9. The normalized spacial score (nSPS) is 13.6. The minimum Gasteiger partial charge on any atom is -0.507 e. The number of aromatic hydroxyl groups is 1. The minimum atomic E-state index is -1.58. The van der Waals surface area contributed by atoms with Crippen LogP contribution in [0, 0.1) is 0 Å². The number of benzene rings is 5. The molecule has 112 heavy (non-hydrogen) atoms. The smallest absolute Gasteiger partial charge is 0.327 e. The molecule has 1 aliphatic rings. The summed E-state index contributed by atoms with van der Waals surface area (Å²) in [5.74, 6) is -9.59. The highest BCUT2D eigenvalue weighted by Gasteiger charge is 2.36. The number of aliphatic imine (C=N–C) groups is 1. The zero-order valence-electron chi connectivity index (χ0n) is 59.8. The summed E-state index contributed by atoms with van der Waals surface area (Å²) in [7, 11) is 3.83. The fourth-order valence-electron chi connectivity index (χ4n) is 11.8. The second-order valence-electron chi connectivity index (χ2n) is 25.5. The standard InChI is InChI=1S/C42H40ClN7O9S2.C30H38N12O9/c1-44-30(16-37(53)54)39(55)49-33(42(58)59)20-61-60-11-10-36(52)45-24-6-8-28-21(12-24)14-31(47-28)40(56)46-25-7-9-29-22(13-25)15-32(48-29)41(57)50-19-23(18-43)38-27-5-3-2-4-26(27)35(51)17-34(38)50;1-14(43)18(3-2-10-34-29(31)32)39-26(48)20(11-22(45)46)38-21(44)9-8-19(28(50)51)40-25(47)15-4-6-16(7-5-15)35-12-17-13-36-24-23(37-17)27(49)42-30(33)41-24/h2-9,12-15,17,23,30,33,44,47-48,51H,10-11,16,18-20H2,1H3,(H,45,52)(H,46,56)(H,49,55)(H,53,54)(H,58,59);4-7,13,18-20,35H,2-3,8-12H2,1H3,(H,38,44)(H,39,48)(H,40,47)(H,45,46)(H,50,51)(H4,31,32,34)(H3,33,36,41,42,49)/t23?,30-,33-;18-,19-,20-/m00/s1. The van der Waals surface area contributed by atoms with Gasteiger partial charge in [-0.15, -0.1) is 11.6 Å². The van der Waals surface area contributed by atoms with Crippen molar-refractivity contribution >= 4 is 183 Å². The van der Waals surface area contributed by atoms with Crippen LogP contribution in [0.3, 0.4) is 0 Å². The summed E-state index contributed by atoms with van der Waals surface area (Å²) in [4.78, 5) is 187. The number of carboxylic acids is 4. The van der Waals surface area contributed by atoms with Gasteiger partial charge in [0.25, 0.3) is 23.3 Å². The molecule has 0 saturated heterocycles. The molecule has 0 bridgehead atoms. The van der Waals surface area contributed by atoms with Gasteiger partial charge in [0.15, 0.2) is 22.9 Å². The number of carbonyl (C=O) groups excluding carboxylic acids is 8.